The number of benzene rings is 3. The molecule has 0 unspecified atom stereocenters. The molecule has 5 rings (SSSR count). The van der Waals surface area contributed by atoms with Crippen LogP contribution in [0.1, 0.15) is 0 Å². The molecule has 30 heavy (non-hydrogen) atoms. The molecule has 1 aromatic heterocycles. The Kier molecular flexibility index (Phi) is 4.05. The van der Waals surface area contributed by atoms with Crippen LogP contribution in [0.3, 0.4) is 0 Å². The van der Waals surface area contributed by atoms with Gasteiger partial charge in [-0.05, 0) is 36.4 Å². The maximum absolute atomic E-state index is 13.9. The fraction of sp³-hybridized carbons (Fsp3) is 0. The van der Waals surface area contributed by atoms with Gasteiger partial charge in [-0.3, -0.25) is 9.71 Å². The number of sulfonamides is 2. The highest BCUT2D eigenvalue weighted by atomic mass is 32.2. The predicted molar refractivity (Wildman–Crippen MR) is 115 cm³/mol. The van der Waals surface area contributed by atoms with E-state index in [1.54, 1.807) is 54.7 Å². The number of anilines is 3. The summed E-state index contributed by atoms with van der Waals surface area (Å²) in [5.74, 6) is 0. The lowest BCUT2D eigenvalue weighted by molar-refractivity contribution is 0.582. The summed E-state index contributed by atoms with van der Waals surface area (Å²) in [5, 5.41) is 0.765. The van der Waals surface area contributed by atoms with Crippen molar-refractivity contribution in [2.24, 2.45) is 0 Å². The van der Waals surface area contributed by atoms with Crippen LogP contribution < -0.4 is 9.03 Å². The molecule has 0 spiro atoms. The maximum atomic E-state index is 13.9. The molecule has 0 saturated carbocycles. The van der Waals surface area contributed by atoms with Gasteiger partial charge in [-0.1, -0.05) is 42.5 Å². The third-order valence-electron chi connectivity index (χ3n) is 4.83. The molecular formula is C21H15N3O4S2. The zero-order valence-corrected chi connectivity index (χ0v) is 17.1. The number of para-hydroxylation sites is 2. The minimum atomic E-state index is -4.30. The number of fused-ring (bicyclic) bond motifs is 2. The minimum Gasteiger partial charge on any atom is -0.278 e. The highest BCUT2D eigenvalue weighted by Gasteiger charge is 2.40. The Bertz CT molecular complexity index is 1500. The zero-order chi connectivity index (χ0) is 20.9. The van der Waals surface area contributed by atoms with Crippen molar-refractivity contribution in [2.45, 2.75) is 9.79 Å². The van der Waals surface area contributed by atoms with Crippen LogP contribution >= 0.6 is 0 Å². The molecule has 0 amide bonds. The molecule has 7 nitrogen and oxygen atoms in total. The average molecular weight is 438 g/mol. The number of hydrogen-bond acceptors (Lipinski definition) is 5. The quantitative estimate of drug-likeness (QED) is 0.523. The highest BCUT2D eigenvalue weighted by Crippen LogP contribution is 2.42. The summed E-state index contributed by atoms with van der Waals surface area (Å²) in [4.78, 5) is 3.88. The van der Waals surface area contributed by atoms with E-state index < -0.39 is 20.0 Å². The number of rotatable bonds is 4. The lowest BCUT2D eigenvalue weighted by Crippen LogP contribution is -2.32. The van der Waals surface area contributed by atoms with E-state index in [1.165, 1.54) is 18.2 Å². The van der Waals surface area contributed by atoms with Gasteiger partial charge in [-0.2, -0.15) is 0 Å². The molecule has 150 valence electrons. The van der Waals surface area contributed by atoms with Crippen LogP contribution in [-0.4, -0.2) is 21.8 Å². The van der Waals surface area contributed by atoms with Gasteiger partial charge in [0.1, 0.15) is 9.79 Å². The zero-order valence-electron chi connectivity index (χ0n) is 15.4. The van der Waals surface area contributed by atoms with E-state index >= 15 is 0 Å². The van der Waals surface area contributed by atoms with Crippen LogP contribution in [0.25, 0.3) is 10.9 Å². The molecular weight excluding hydrogens is 422 g/mol. The Labute approximate surface area is 173 Å². The largest absolute Gasteiger partial charge is 0.278 e. The van der Waals surface area contributed by atoms with E-state index in [-0.39, 0.29) is 15.5 Å². The van der Waals surface area contributed by atoms with E-state index in [4.69, 9.17) is 0 Å². The Hall–Kier alpha value is -3.43. The smallest absolute Gasteiger partial charge is 0.270 e. The summed E-state index contributed by atoms with van der Waals surface area (Å²) in [6.07, 6.45) is 1.59. The van der Waals surface area contributed by atoms with Crippen molar-refractivity contribution >= 4 is 48.0 Å². The molecule has 9 heteroatoms. The van der Waals surface area contributed by atoms with E-state index in [9.17, 15) is 16.8 Å². The molecule has 3 aromatic carbocycles. The molecule has 0 bridgehead atoms. The second-order valence-corrected chi connectivity index (χ2v) is 10.1. The first-order chi connectivity index (χ1) is 14.4. The molecule has 1 aliphatic heterocycles. The van der Waals surface area contributed by atoms with Crippen LogP contribution in [0.2, 0.25) is 0 Å². The molecule has 1 N–H and O–H groups in total. The Morgan fingerprint density at radius 1 is 0.833 bits per heavy atom. The first-order valence-electron chi connectivity index (χ1n) is 8.99. The van der Waals surface area contributed by atoms with Crippen molar-refractivity contribution in [2.75, 3.05) is 9.03 Å². The normalized spacial score (nSPS) is 14.4. The predicted octanol–water partition coefficient (Wildman–Crippen LogP) is 3.88. The van der Waals surface area contributed by atoms with Crippen molar-refractivity contribution in [1.29, 1.82) is 0 Å². The number of hydrogen-bond donors (Lipinski definition) is 1. The van der Waals surface area contributed by atoms with Gasteiger partial charge >= 0.3 is 0 Å². The molecule has 2 heterocycles. The van der Waals surface area contributed by atoms with Crippen LogP contribution in [0.4, 0.5) is 17.1 Å². The summed E-state index contributed by atoms with van der Waals surface area (Å²) in [5.41, 5.74) is 1.46. The monoisotopic (exact) mass is 437 g/mol. The summed E-state index contributed by atoms with van der Waals surface area (Å²) >= 11 is 0. The fourth-order valence-electron chi connectivity index (χ4n) is 3.55. The van der Waals surface area contributed by atoms with Crippen LogP contribution in [0, 0.1) is 0 Å². The SMILES string of the molecule is O=S1(=O)Nc2cccc(S(=O)(=O)N(c3ccccc3)c3cccc4cccnc34)c21. The van der Waals surface area contributed by atoms with Crippen molar-refractivity contribution in [3.05, 3.63) is 85.1 Å². The standard InChI is InChI=1S/C21H15N3O4S2/c25-29(26)21-17(23-29)11-5-13-19(21)30(27,28)24(16-9-2-1-3-10-16)18-12-4-7-15-8-6-14-22-20(15)18/h1-14,23H. The number of aromatic nitrogens is 1. The van der Waals surface area contributed by atoms with Crippen molar-refractivity contribution < 1.29 is 16.8 Å². The van der Waals surface area contributed by atoms with Gasteiger partial charge < -0.3 is 0 Å². The molecule has 0 saturated heterocycles. The molecule has 0 radical (unpaired) electrons. The minimum absolute atomic E-state index is 0.223. The second kappa shape index (κ2) is 6.54. The van der Waals surface area contributed by atoms with Gasteiger partial charge in [-0.25, -0.2) is 21.1 Å². The van der Waals surface area contributed by atoms with Gasteiger partial charge in [0.05, 0.1) is 22.6 Å². The van der Waals surface area contributed by atoms with Gasteiger partial charge in [0.25, 0.3) is 20.0 Å². The van der Waals surface area contributed by atoms with Gasteiger partial charge in [0.15, 0.2) is 0 Å². The molecule has 1 aliphatic rings. The number of nitrogens with one attached hydrogen (secondary N) is 1. The van der Waals surface area contributed by atoms with E-state index in [0.717, 1.165) is 9.69 Å². The topological polar surface area (TPSA) is 96.4 Å². The lowest BCUT2D eigenvalue weighted by atomic mass is 10.2. The second-order valence-electron chi connectivity index (χ2n) is 6.70. The van der Waals surface area contributed by atoms with E-state index in [2.05, 4.69) is 9.71 Å². The molecule has 0 atom stereocenters. The maximum Gasteiger partial charge on any atom is 0.270 e. The molecule has 0 fully saturated rings. The van der Waals surface area contributed by atoms with Crippen molar-refractivity contribution in [3.63, 3.8) is 0 Å². The Morgan fingerprint density at radius 3 is 2.33 bits per heavy atom. The van der Waals surface area contributed by atoms with Crippen LogP contribution in [-0.2, 0) is 20.0 Å². The van der Waals surface area contributed by atoms with Crippen LogP contribution in [0.15, 0.2) is 94.9 Å². The van der Waals surface area contributed by atoms with E-state index in [1.807, 2.05) is 12.1 Å². The highest BCUT2D eigenvalue weighted by molar-refractivity contribution is 7.97. The lowest BCUT2D eigenvalue weighted by Gasteiger charge is -2.29. The molecule has 4 aromatic rings. The summed E-state index contributed by atoms with van der Waals surface area (Å²) < 4.78 is 55.8. The first-order valence-corrected chi connectivity index (χ1v) is 11.9. The van der Waals surface area contributed by atoms with Crippen molar-refractivity contribution in [3.8, 4) is 0 Å². The van der Waals surface area contributed by atoms with Gasteiger partial charge in [-0.15, -0.1) is 0 Å². The third-order valence-corrected chi connectivity index (χ3v) is 8.21. The summed E-state index contributed by atoms with van der Waals surface area (Å²) in [7, 11) is -8.16. The molecule has 0 aliphatic carbocycles. The summed E-state index contributed by atoms with van der Waals surface area (Å²) in [6, 6.07) is 21.7. The Balaban J connectivity index is 1.83. The fourth-order valence-corrected chi connectivity index (χ4v) is 6.94. The van der Waals surface area contributed by atoms with Crippen molar-refractivity contribution in [1.82, 2.24) is 4.98 Å². The van der Waals surface area contributed by atoms with Gasteiger partial charge in [0, 0.05) is 11.6 Å². The van der Waals surface area contributed by atoms with Crippen LogP contribution in [0.5, 0.6) is 0 Å². The average Bonchev–Trinajstić information content (AvgIpc) is 2.74. The number of pyridine rings is 1. The Morgan fingerprint density at radius 2 is 1.57 bits per heavy atom. The first kappa shape index (κ1) is 18.6. The van der Waals surface area contributed by atoms with E-state index in [0.29, 0.717) is 16.9 Å². The summed E-state index contributed by atoms with van der Waals surface area (Å²) in [6.45, 7) is 0. The number of nitrogens with zero attached hydrogens (tertiary/aromatic N) is 2. The third kappa shape index (κ3) is 2.74. The van der Waals surface area contributed by atoms with Gasteiger partial charge in [0.2, 0.25) is 0 Å².